The van der Waals surface area contributed by atoms with Crippen molar-refractivity contribution in [2.75, 3.05) is 6.54 Å². The van der Waals surface area contributed by atoms with E-state index in [9.17, 15) is 0 Å². The molecule has 0 N–H and O–H groups in total. The van der Waals surface area contributed by atoms with Crippen LogP contribution >= 0.6 is 0 Å². The zero-order valence-corrected chi connectivity index (χ0v) is 9.80. The molecule has 1 aromatic heterocycles. The summed E-state index contributed by atoms with van der Waals surface area (Å²) in [5, 5.41) is 4.08. The molecule has 0 fully saturated rings. The fourth-order valence-corrected chi connectivity index (χ4v) is 1.31. The molecule has 1 heterocycles. The number of aromatic nitrogens is 3. The Balaban J connectivity index is 2.41. The lowest BCUT2D eigenvalue weighted by Crippen LogP contribution is -2.29. The van der Waals surface area contributed by atoms with Crippen LogP contribution in [0.2, 0.25) is 0 Å². The van der Waals surface area contributed by atoms with Crippen molar-refractivity contribution in [1.29, 1.82) is 0 Å². The second-order valence-electron chi connectivity index (χ2n) is 3.78. The quantitative estimate of drug-likeness (QED) is 0.716. The van der Waals surface area contributed by atoms with E-state index in [1.807, 2.05) is 4.68 Å². The molecule has 1 aromatic rings. The molecule has 84 valence electrons. The summed E-state index contributed by atoms with van der Waals surface area (Å²) in [4.78, 5) is 6.23. The Kier molecular flexibility index (Phi) is 4.87. The lowest BCUT2D eigenvalue weighted by molar-refractivity contribution is 0.292. The van der Waals surface area contributed by atoms with Gasteiger partial charge in [-0.2, -0.15) is 5.10 Å². The molecule has 0 saturated carbocycles. The van der Waals surface area contributed by atoms with Crippen molar-refractivity contribution >= 4 is 0 Å². The van der Waals surface area contributed by atoms with Crippen LogP contribution in [0, 0.1) is 0 Å². The summed E-state index contributed by atoms with van der Waals surface area (Å²) >= 11 is 0. The van der Waals surface area contributed by atoms with E-state index >= 15 is 0 Å². The molecule has 0 radical (unpaired) electrons. The van der Waals surface area contributed by atoms with Gasteiger partial charge in [0.1, 0.15) is 12.7 Å². The van der Waals surface area contributed by atoms with Crippen LogP contribution in [0.5, 0.6) is 0 Å². The van der Waals surface area contributed by atoms with Crippen molar-refractivity contribution in [3.63, 3.8) is 0 Å². The number of allylic oxidation sites excluding steroid dienone is 1. The number of hydrogen-bond acceptors (Lipinski definition) is 3. The minimum atomic E-state index is 0.524. The van der Waals surface area contributed by atoms with Gasteiger partial charge in [0, 0.05) is 12.6 Å². The zero-order valence-electron chi connectivity index (χ0n) is 9.80. The lowest BCUT2D eigenvalue weighted by atomic mass is 10.3. The first-order chi connectivity index (χ1) is 7.24. The third-order valence-electron chi connectivity index (χ3n) is 2.25. The van der Waals surface area contributed by atoms with Crippen LogP contribution in [0.15, 0.2) is 24.9 Å². The minimum absolute atomic E-state index is 0.524. The predicted molar refractivity (Wildman–Crippen MR) is 61.3 cm³/mol. The SMILES string of the molecule is CC/C=C\N(CCn1cncn1)C(C)C. The zero-order chi connectivity index (χ0) is 11.1. The van der Waals surface area contributed by atoms with Gasteiger partial charge in [0.15, 0.2) is 0 Å². The average molecular weight is 208 g/mol. The number of rotatable bonds is 6. The molecule has 0 bridgehead atoms. The van der Waals surface area contributed by atoms with Crippen molar-refractivity contribution in [1.82, 2.24) is 19.7 Å². The van der Waals surface area contributed by atoms with Crippen molar-refractivity contribution in [2.24, 2.45) is 0 Å². The molecule has 0 amide bonds. The fraction of sp³-hybridized carbons (Fsp3) is 0.636. The molecule has 4 nitrogen and oxygen atoms in total. The molecular weight excluding hydrogens is 188 g/mol. The first kappa shape index (κ1) is 11.8. The van der Waals surface area contributed by atoms with E-state index in [2.05, 4.69) is 48.0 Å². The molecule has 15 heavy (non-hydrogen) atoms. The number of nitrogens with zero attached hydrogens (tertiary/aromatic N) is 4. The summed E-state index contributed by atoms with van der Waals surface area (Å²) in [6.07, 6.45) is 8.75. The Hall–Kier alpha value is -1.32. The molecule has 0 aliphatic carbocycles. The van der Waals surface area contributed by atoms with E-state index in [1.165, 1.54) is 0 Å². The summed E-state index contributed by atoms with van der Waals surface area (Å²) in [6.45, 7) is 8.39. The normalized spacial score (nSPS) is 11.5. The van der Waals surface area contributed by atoms with Crippen LogP contribution in [0.3, 0.4) is 0 Å². The van der Waals surface area contributed by atoms with Gasteiger partial charge in [-0.15, -0.1) is 0 Å². The van der Waals surface area contributed by atoms with E-state index in [0.717, 1.165) is 19.5 Å². The second-order valence-corrected chi connectivity index (χ2v) is 3.78. The lowest BCUT2D eigenvalue weighted by Gasteiger charge is -2.24. The second kappa shape index (κ2) is 6.22. The minimum Gasteiger partial charge on any atom is -0.373 e. The maximum absolute atomic E-state index is 4.08. The molecule has 0 spiro atoms. The Morgan fingerprint density at radius 1 is 1.47 bits per heavy atom. The monoisotopic (exact) mass is 208 g/mol. The summed E-state index contributed by atoms with van der Waals surface area (Å²) in [5.74, 6) is 0. The Morgan fingerprint density at radius 3 is 2.80 bits per heavy atom. The van der Waals surface area contributed by atoms with Crippen LogP contribution in [0.4, 0.5) is 0 Å². The molecule has 0 atom stereocenters. The highest BCUT2D eigenvalue weighted by molar-refractivity contribution is 4.83. The van der Waals surface area contributed by atoms with Crippen molar-refractivity contribution in [2.45, 2.75) is 39.8 Å². The van der Waals surface area contributed by atoms with Crippen molar-refractivity contribution in [3.8, 4) is 0 Å². The van der Waals surface area contributed by atoms with Crippen molar-refractivity contribution in [3.05, 3.63) is 24.9 Å². The Labute approximate surface area is 91.6 Å². The molecule has 0 aliphatic heterocycles. The van der Waals surface area contributed by atoms with Crippen LogP contribution in [-0.2, 0) is 6.54 Å². The average Bonchev–Trinajstić information content (AvgIpc) is 2.70. The number of hydrogen-bond donors (Lipinski definition) is 0. The third-order valence-corrected chi connectivity index (χ3v) is 2.25. The van der Waals surface area contributed by atoms with Crippen LogP contribution in [0.25, 0.3) is 0 Å². The standard InChI is InChI=1S/C11H20N4/c1-4-5-6-14(11(2)3)7-8-15-10-12-9-13-15/h5-6,9-11H,4,7-8H2,1-3H3/b6-5-. The van der Waals surface area contributed by atoms with E-state index in [1.54, 1.807) is 12.7 Å². The highest BCUT2D eigenvalue weighted by Crippen LogP contribution is 2.00. The highest BCUT2D eigenvalue weighted by Gasteiger charge is 2.03. The van der Waals surface area contributed by atoms with Gasteiger partial charge in [-0.25, -0.2) is 4.98 Å². The van der Waals surface area contributed by atoms with E-state index in [-0.39, 0.29) is 0 Å². The topological polar surface area (TPSA) is 34.0 Å². The van der Waals surface area contributed by atoms with E-state index in [4.69, 9.17) is 0 Å². The molecule has 4 heteroatoms. The summed E-state index contributed by atoms with van der Waals surface area (Å²) in [5.41, 5.74) is 0. The molecule has 0 aromatic carbocycles. The Morgan fingerprint density at radius 2 is 2.27 bits per heavy atom. The summed E-state index contributed by atoms with van der Waals surface area (Å²) in [6, 6.07) is 0.524. The molecule has 0 unspecified atom stereocenters. The van der Waals surface area contributed by atoms with Gasteiger partial charge in [0.05, 0.1) is 6.54 Å². The third kappa shape index (κ3) is 4.14. The van der Waals surface area contributed by atoms with Gasteiger partial charge >= 0.3 is 0 Å². The first-order valence-electron chi connectivity index (χ1n) is 5.49. The van der Waals surface area contributed by atoms with Crippen LogP contribution in [0.1, 0.15) is 27.2 Å². The van der Waals surface area contributed by atoms with Crippen LogP contribution in [-0.4, -0.2) is 32.3 Å². The smallest absolute Gasteiger partial charge is 0.137 e. The summed E-state index contributed by atoms with van der Waals surface area (Å²) in [7, 11) is 0. The van der Waals surface area contributed by atoms with Gasteiger partial charge < -0.3 is 4.90 Å². The largest absolute Gasteiger partial charge is 0.373 e. The molecule has 0 aliphatic rings. The van der Waals surface area contributed by atoms with Crippen LogP contribution < -0.4 is 0 Å². The fourth-order valence-electron chi connectivity index (χ4n) is 1.31. The molecular formula is C11H20N4. The van der Waals surface area contributed by atoms with E-state index in [0.29, 0.717) is 6.04 Å². The van der Waals surface area contributed by atoms with Crippen molar-refractivity contribution < 1.29 is 0 Å². The predicted octanol–water partition coefficient (Wildman–Crippen LogP) is 1.91. The van der Waals surface area contributed by atoms with Gasteiger partial charge in [-0.1, -0.05) is 13.0 Å². The van der Waals surface area contributed by atoms with Gasteiger partial charge in [0.25, 0.3) is 0 Å². The van der Waals surface area contributed by atoms with E-state index < -0.39 is 0 Å². The highest BCUT2D eigenvalue weighted by atomic mass is 15.3. The molecule has 0 saturated heterocycles. The van der Waals surface area contributed by atoms with Gasteiger partial charge in [-0.3, -0.25) is 4.68 Å². The Bertz CT molecular complexity index is 277. The maximum atomic E-state index is 4.08. The summed E-state index contributed by atoms with van der Waals surface area (Å²) < 4.78 is 1.86. The van der Waals surface area contributed by atoms with Gasteiger partial charge in [0.2, 0.25) is 0 Å². The maximum Gasteiger partial charge on any atom is 0.137 e. The molecule has 1 rings (SSSR count). The van der Waals surface area contributed by atoms with Gasteiger partial charge in [-0.05, 0) is 26.5 Å². The first-order valence-corrected chi connectivity index (χ1v) is 5.49.